The molecule has 0 unspecified atom stereocenters. The lowest BCUT2D eigenvalue weighted by molar-refractivity contribution is -0.150. The Bertz CT molecular complexity index is 880. The minimum Gasteiger partial charge on any atom is -0.494 e. The van der Waals surface area contributed by atoms with Crippen LogP contribution in [0, 0.1) is 0 Å². The maximum absolute atomic E-state index is 12.7. The molecule has 7 nitrogen and oxygen atoms in total. The number of fused-ring (bicyclic) bond motifs is 1. The summed E-state index contributed by atoms with van der Waals surface area (Å²) in [4.78, 5) is 38.1. The van der Waals surface area contributed by atoms with E-state index in [1.807, 2.05) is 36.4 Å². The summed E-state index contributed by atoms with van der Waals surface area (Å²) in [5.41, 5.74) is 1.36. The quantitative estimate of drug-likeness (QED) is 0.730. The van der Waals surface area contributed by atoms with E-state index in [0.717, 1.165) is 18.4 Å². The fourth-order valence-corrected chi connectivity index (χ4v) is 4.93. The first-order valence-electron chi connectivity index (χ1n) is 9.14. The number of aliphatic carboxylic acids is 1. The summed E-state index contributed by atoms with van der Waals surface area (Å²) in [7, 11) is 0. The van der Waals surface area contributed by atoms with Gasteiger partial charge in [0.1, 0.15) is 22.9 Å². The average Bonchev–Trinajstić information content (AvgIpc) is 2.72. The third kappa shape index (κ3) is 3.40. The predicted molar refractivity (Wildman–Crippen MR) is 103 cm³/mol. The van der Waals surface area contributed by atoms with Gasteiger partial charge in [0, 0.05) is 11.3 Å². The van der Waals surface area contributed by atoms with E-state index in [1.165, 1.54) is 16.7 Å². The van der Waals surface area contributed by atoms with E-state index in [4.69, 9.17) is 4.74 Å². The van der Waals surface area contributed by atoms with Crippen molar-refractivity contribution in [2.24, 2.45) is 0 Å². The number of carbonyl (C=O) groups excluding carboxylic acids is 2. The van der Waals surface area contributed by atoms with E-state index in [1.54, 1.807) is 0 Å². The largest absolute Gasteiger partial charge is 0.494 e. The number of benzene rings is 1. The first-order chi connectivity index (χ1) is 13.6. The lowest BCUT2D eigenvalue weighted by Crippen LogP contribution is -2.70. The summed E-state index contributed by atoms with van der Waals surface area (Å²) in [5.74, 6) is -0.830. The predicted octanol–water partition coefficient (Wildman–Crippen LogP) is 1.66. The highest BCUT2D eigenvalue weighted by molar-refractivity contribution is 8.00. The molecule has 8 heteroatoms. The van der Waals surface area contributed by atoms with Crippen molar-refractivity contribution in [1.29, 1.82) is 0 Å². The fraction of sp³-hybridized carbons (Fsp3) is 0.350. The lowest BCUT2D eigenvalue weighted by atomic mass is 10.0. The number of ether oxygens (including phenoxy) is 1. The minimum atomic E-state index is -1.15. The molecule has 0 bridgehead atoms. The maximum Gasteiger partial charge on any atom is 0.353 e. The van der Waals surface area contributed by atoms with Gasteiger partial charge in [0.05, 0.1) is 13.0 Å². The topological polar surface area (TPSA) is 95.9 Å². The average molecular weight is 400 g/mol. The molecule has 0 aromatic heterocycles. The van der Waals surface area contributed by atoms with Gasteiger partial charge < -0.3 is 15.2 Å². The van der Waals surface area contributed by atoms with Crippen LogP contribution in [0.2, 0.25) is 0 Å². The molecule has 0 aliphatic carbocycles. The first kappa shape index (κ1) is 18.6. The van der Waals surface area contributed by atoms with Gasteiger partial charge in [-0.25, -0.2) is 4.79 Å². The van der Waals surface area contributed by atoms with Gasteiger partial charge in [-0.1, -0.05) is 30.3 Å². The second-order valence-electron chi connectivity index (χ2n) is 6.81. The van der Waals surface area contributed by atoms with Crippen molar-refractivity contribution in [2.75, 3.05) is 12.4 Å². The number of rotatable bonds is 5. The molecule has 0 saturated carbocycles. The van der Waals surface area contributed by atoms with E-state index in [-0.39, 0.29) is 18.0 Å². The Kier molecular flexibility index (Phi) is 5.13. The van der Waals surface area contributed by atoms with Crippen LogP contribution in [0.25, 0.3) is 0 Å². The van der Waals surface area contributed by atoms with E-state index in [2.05, 4.69) is 5.32 Å². The Morgan fingerprint density at radius 1 is 1.29 bits per heavy atom. The molecule has 146 valence electrons. The Morgan fingerprint density at radius 2 is 2.07 bits per heavy atom. The highest BCUT2D eigenvalue weighted by atomic mass is 32.2. The number of carboxylic acids is 1. The Morgan fingerprint density at radius 3 is 2.75 bits per heavy atom. The highest BCUT2D eigenvalue weighted by Gasteiger charge is 2.54. The van der Waals surface area contributed by atoms with Gasteiger partial charge in [-0.15, -0.1) is 11.8 Å². The minimum absolute atomic E-state index is 0.0320. The van der Waals surface area contributed by atoms with Gasteiger partial charge in [0.2, 0.25) is 5.91 Å². The molecule has 2 N–H and O–H groups in total. The smallest absolute Gasteiger partial charge is 0.353 e. The van der Waals surface area contributed by atoms with Gasteiger partial charge in [-0.2, -0.15) is 0 Å². The van der Waals surface area contributed by atoms with Crippen molar-refractivity contribution in [3.63, 3.8) is 0 Å². The number of amides is 2. The molecule has 2 atom stereocenters. The van der Waals surface area contributed by atoms with E-state index in [9.17, 15) is 19.5 Å². The van der Waals surface area contributed by atoms with E-state index in [0.29, 0.717) is 23.7 Å². The summed E-state index contributed by atoms with van der Waals surface area (Å²) in [6.07, 6.45) is 3.78. The summed E-state index contributed by atoms with van der Waals surface area (Å²) in [5, 5.41) is 12.1. The molecule has 0 radical (unpaired) electrons. The second-order valence-corrected chi connectivity index (χ2v) is 7.91. The van der Waals surface area contributed by atoms with Crippen molar-refractivity contribution in [3.05, 3.63) is 59.0 Å². The summed E-state index contributed by atoms with van der Waals surface area (Å²) >= 11 is 1.44. The number of nitrogens with one attached hydrogen (secondary N) is 1. The maximum atomic E-state index is 12.7. The van der Waals surface area contributed by atoms with Crippen molar-refractivity contribution < 1.29 is 24.2 Å². The number of nitrogens with zero attached hydrogens (tertiary/aromatic N) is 1. The number of β-lactam (4-membered cyclic amide) rings is 1. The SMILES string of the molecule is O=C(Cc1ccccc1)N[C@@H]1C(=O)N2C(C(=O)O)=C(C3=CCCCO3)CS[C@@H]12. The van der Waals surface area contributed by atoms with Crippen LogP contribution >= 0.6 is 11.8 Å². The number of hydrogen-bond acceptors (Lipinski definition) is 5. The van der Waals surface area contributed by atoms with E-state index >= 15 is 0 Å². The van der Waals surface area contributed by atoms with Gasteiger partial charge in [0.15, 0.2) is 0 Å². The van der Waals surface area contributed by atoms with Crippen LogP contribution in [-0.4, -0.2) is 51.6 Å². The van der Waals surface area contributed by atoms with Crippen LogP contribution < -0.4 is 5.32 Å². The third-order valence-corrected chi connectivity index (χ3v) is 6.21. The highest BCUT2D eigenvalue weighted by Crippen LogP contribution is 2.42. The van der Waals surface area contributed by atoms with Crippen LogP contribution in [0.15, 0.2) is 53.4 Å². The monoisotopic (exact) mass is 400 g/mol. The van der Waals surface area contributed by atoms with Crippen LogP contribution in [-0.2, 0) is 25.5 Å². The molecule has 1 saturated heterocycles. The number of carbonyl (C=O) groups is 3. The van der Waals surface area contributed by atoms with Gasteiger partial charge >= 0.3 is 5.97 Å². The van der Waals surface area contributed by atoms with Crippen LogP contribution in [0.3, 0.4) is 0 Å². The summed E-state index contributed by atoms with van der Waals surface area (Å²) in [6.45, 7) is 0.544. The van der Waals surface area contributed by atoms with Crippen molar-refractivity contribution in [2.45, 2.75) is 30.7 Å². The van der Waals surface area contributed by atoms with Crippen LogP contribution in [0.1, 0.15) is 18.4 Å². The molecule has 1 aromatic rings. The zero-order chi connectivity index (χ0) is 19.7. The zero-order valence-corrected chi connectivity index (χ0v) is 15.9. The van der Waals surface area contributed by atoms with Crippen molar-refractivity contribution in [1.82, 2.24) is 10.2 Å². The molecular weight excluding hydrogens is 380 g/mol. The molecule has 28 heavy (non-hydrogen) atoms. The van der Waals surface area contributed by atoms with Gasteiger partial charge in [0.25, 0.3) is 5.91 Å². The van der Waals surface area contributed by atoms with Gasteiger partial charge in [-0.3, -0.25) is 14.5 Å². The van der Waals surface area contributed by atoms with E-state index < -0.39 is 23.3 Å². The van der Waals surface area contributed by atoms with Crippen LogP contribution in [0.5, 0.6) is 0 Å². The first-order valence-corrected chi connectivity index (χ1v) is 10.2. The molecule has 3 aliphatic heterocycles. The van der Waals surface area contributed by atoms with Crippen molar-refractivity contribution in [3.8, 4) is 0 Å². The number of allylic oxidation sites excluding steroid dienone is 2. The number of thioether (sulfide) groups is 1. The number of hydrogen-bond donors (Lipinski definition) is 2. The normalized spacial score (nSPS) is 23.9. The standard InChI is InChI=1S/C20H20N2O5S/c23-15(10-12-6-2-1-3-7-12)21-16-18(24)22-17(20(25)26)13(11-28-19(16)22)14-8-4-5-9-27-14/h1-3,6-8,16,19H,4-5,9-11H2,(H,21,23)(H,25,26)/t16-,19+/m1/s1. The second kappa shape index (κ2) is 7.71. The summed E-state index contributed by atoms with van der Waals surface area (Å²) in [6, 6.07) is 8.56. The molecule has 4 rings (SSSR count). The molecule has 3 heterocycles. The number of carboxylic acid groups (broad SMARTS) is 1. The fourth-order valence-electron chi connectivity index (χ4n) is 3.58. The molecular formula is C20H20N2O5S. The third-order valence-electron chi connectivity index (χ3n) is 4.93. The Balaban J connectivity index is 1.50. The Labute approximate surface area is 166 Å². The summed E-state index contributed by atoms with van der Waals surface area (Å²) < 4.78 is 5.62. The zero-order valence-electron chi connectivity index (χ0n) is 15.1. The molecule has 0 spiro atoms. The molecule has 2 amide bonds. The molecule has 1 fully saturated rings. The Hall–Kier alpha value is -2.74. The molecule has 1 aromatic carbocycles. The van der Waals surface area contributed by atoms with Crippen LogP contribution in [0.4, 0.5) is 0 Å². The van der Waals surface area contributed by atoms with Gasteiger partial charge in [-0.05, 0) is 24.5 Å². The lowest BCUT2D eigenvalue weighted by Gasteiger charge is -2.49. The molecule has 3 aliphatic rings. The van der Waals surface area contributed by atoms with Crippen molar-refractivity contribution >= 4 is 29.5 Å².